The molecular formula is C19H29N3O2. The summed E-state index contributed by atoms with van der Waals surface area (Å²) in [5, 5.41) is 0. The van der Waals surface area contributed by atoms with E-state index in [4.69, 9.17) is 9.47 Å². The van der Waals surface area contributed by atoms with Crippen LogP contribution >= 0.6 is 0 Å². The molecule has 2 atom stereocenters. The van der Waals surface area contributed by atoms with Crippen LogP contribution in [0, 0.1) is 5.92 Å². The highest BCUT2D eigenvalue weighted by atomic mass is 16.5. The summed E-state index contributed by atoms with van der Waals surface area (Å²) < 4.78 is 12.3. The molecule has 3 aliphatic rings. The van der Waals surface area contributed by atoms with Crippen molar-refractivity contribution in [3.63, 3.8) is 0 Å². The quantitative estimate of drug-likeness (QED) is 0.841. The molecule has 1 aromatic rings. The van der Waals surface area contributed by atoms with E-state index in [0.717, 1.165) is 45.9 Å². The predicted octanol–water partition coefficient (Wildman–Crippen LogP) is 1.78. The lowest BCUT2D eigenvalue weighted by molar-refractivity contribution is -0.0563. The van der Waals surface area contributed by atoms with Gasteiger partial charge in [-0.25, -0.2) is 0 Å². The van der Waals surface area contributed by atoms with Crippen molar-refractivity contribution < 1.29 is 9.47 Å². The molecule has 0 unspecified atom stereocenters. The van der Waals surface area contributed by atoms with Crippen LogP contribution < -0.4 is 0 Å². The maximum atomic E-state index is 6.35. The highest BCUT2D eigenvalue weighted by Gasteiger charge is 2.43. The summed E-state index contributed by atoms with van der Waals surface area (Å²) in [5.41, 5.74) is 1.21. The first-order valence-corrected chi connectivity index (χ1v) is 9.37. The molecule has 0 amide bonds. The van der Waals surface area contributed by atoms with Crippen molar-refractivity contribution in [2.24, 2.45) is 5.92 Å². The summed E-state index contributed by atoms with van der Waals surface area (Å²) in [6.07, 6.45) is 7.61. The van der Waals surface area contributed by atoms with E-state index in [9.17, 15) is 0 Å². The number of pyridine rings is 1. The van der Waals surface area contributed by atoms with Crippen LogP contribution in [0.1, 0.15) is 24.8 Å². The van der Waals surface area contributed by atoms with E-state index in [0.29, 0.717) is 5.92 Å². The molecule has 3 saturated heterocycles. The molecule has 0 aromatic carbocycles. The molecule has 1 spiro atoms. The molecule has 4 rings (SSSR count). The summed E-state index contributed by atoms with van der Waals surface area (Å²) >= 11 is 0. The third-order valence-electron chi connectivity index (χ3n) is 5.59. The van der Waals surface area contributed by atoms with Crippen LogP contribution in [0.5, 0.6) is 0 Å². The Labute approximate surface area is 144 Å². The zero-order valence-corrected chi connectivity index (χ0v) is 14.5. The van der Waals surface area contributed by atoms with Gasteiger partial charge in [-0.05, 0) is 56.0 Å². The molecule has 3 fully saturated rings. The lowest BCUT2D eigenvalue weighted by Crippen LogP contribution is -2.44. The van der Waals surface area contributed by atoms with Crippen molar-refractivity contribution in [1.29, 1.82) is 0 Å². The standard InChI is InChI=1S/C19H29N3O2/c1-2-8-21(7-1)13-18-11-19(24-14-18)15-22(9-10-23-16-19)12-17-3-5-20-6-4-17/h3-6,18H,1-2,7-16H2/t18-,19+/m0/s1. The van der Waals surface area contributed by atoms with Crippen molar-refractivity contribution in [1.82, 2.24) is 14.8 Å². The minimum atomic E-state index is -0.103. The highest BCUT2D eigenvalue weighted by Crippen LogP contribution is 2.34. The van der Waals surface area contributed by atoms with Crippen molar-refractivity contribution in [3.8, 4) is 0 Å². The Morgan fingerprint density at radius 2 is 1.96 bits per heavy atom. The molecule has 0 saturated carbocycles. The second-order valence-corrected chi connectivity index (χ2v) is 7.69. The Morgan fingerprint density at radius 3 is 2.79 bits per heavy atom. The van der Waals surface area contributed by atoms with Gasteiger partial charge in [-0.15, -0.1) is 0 Å². The van der Waals surface area contributed by atoms with Crippen LogP contribution in [0.25, 0.3) is 0 Å². The summed E-state index contributed by atoms with van der Waals surface area (Å²) in [6.45, 7) is 9.09. The van der Waals surface area contributed by atoms with E-state index in [1.54, 1.807) is 0 Å². The van der Waals surface area contributed by atoms with Gasteiger partial charge < -0.3 is 14.4 Å². The molecule has 4 heterocycles. The molecule has 3 aliphatic heterocycles. The second kappa shape index (κ2) is 7.48. The van der Waals surface area contributed by atoms with E-state index >= 15 is 0 Å². The number of hydrogen-bond donors (Lipinski definition) is 0. The van der Waals surface area contributed by atoms with Crippen LogP contribution in [-0.4, -0.2) is 72.9 Å². The van der Waals surface area contributed by atoms with E-state index in [1.807, 2.05) is 12.4 Å². The number of ether oxygens (including phenoxy) is 2. The van der Waals surface area contributed by atoms with Crippen LogP contribution in [0.15, 0.2) is 24.5 Å². The van der Waals surface area contributed by atoms with Crippen LogP contribution in [0.4, 0.5) is 0 Å². The minimum Gasteiger partial charge on any atom is -0.377 e. The first kappa shape index (κ1) is 16.5. The fraction of sp³-hybridized carbons (Fsp3) is 0.737. The lowest BCUT2D eigenvalue weighted by Gasteiger charge is -2.31. The van der Waals surface area contributed by atoms with E-state index in [-0.39, 0.29) is 5.60 Å². The average Bonchev–Trinajstić information content (AvgIpc) is 3.19. The topological polar surface area (TPSA) is 37.8 Å². The Hall–Kier alpha value is -1.01. The summed E-state index contributed by atoms with van der Waals surface area (Å²) in [5.74, 6) is 0.660. The van der Waals surface area contributed by atoms with E-state index in [1.165, 1.54) is 38.0 Å². The van der Waals surface area contributed by atoms with Crippen LogP contribution in [0.2, 0.25) is 0 Å². The van der Waals surface area contributed by atoms with Crippen molar-refractivity contribution >= 4 is 0 Å². The maximum Gasteiger partial charge on any atom is 0.104 e. The molecule has 132 valence electrons. The number of nitrogens with zero attached hydrogens (tertiary/aromatic N) is 3. The Bertz CT molecular complexity index is 521. The molecule has 24 heavy (non-hydrogen) atoms. The molecule has 5 heteroatoms. The van der Waals surface area contributed by atoms with Gasteiger partial charge in [-0.1, -0.05) is 0 Å². The smallest absolute Gasteiger partial charge is 0.104 e. The second-order valence-electron chi connectivity index (χ2n) is 7.69. The maximum absolute atomic E-state index is 6.35. The van der Waals surface area contributed by atoms with Gasteiger partial charge in [0, 0.05) is 38.6 Å². The molecular weight excluding hydrogens is 302 g/mol. The Kier molecular flexibility index (Phi) is 5.13. The van der Waals surface area contributed by atoms with Crippen LogP contribution in [-0.2, 0) is 16.0 Å². The highest BCUT2D eigenvalue weighted by molar-refractivity contribution is 5.10. The van der Waals surface area contributed by atoms with E-state index < -0.39 is 0 Å². The van der Waals surface area contributed by atoms with Gasteiger partial charge in [0.05, 0.1) is 19.8 Å². The van der Waals surface area contributed by atoms with Crippen LogP contribution in [0.3, 0.4) is 0 Å². The van der Waals surface area contributed by atoms with Gasteiger partial charge in [-0.3, -0.25) is 9.88 Å². The first-order chi connectivity index (χ1) is 11.8. The Balaban J connectivity index is 1.37. The normalized spacial score (nSPS) is 32.4. The third-order valence-corrected chi connectivity index (χ3v) is 5.59. The zero-order chi connectivity index (χ0) is 16.2. The third kappa shape index (κ3) is 3.97. The monoisotopic (exact) mass is 331 g/mol. The molecule has 5 nitrogen and oxygen atoms in total. The van der Waals surface area contributed by atoms with Gasteiger partial charge in [0.25, 0.3) is 0 Å². The molecule has 0 N–H and O–H groups in total. The molecule has 1 aromatic heterocycles. The fourth-order valence-electron chi connectivity index (χ4n) is 4.46. The van der Waals surface area contributed by atoms with Gasteiger partial charge in [-0.2, -0.15) is 0 Å². The van der Waals surface area contributed by atoms with Crippen molar-refractivity contribution in [3.05, 3.63) is 30.1 Å². The van der Waals surface area contributed by atoms with Crippen molar-refractivity contribution in [2.45, 2.75) is 31.4 Å². The largest absolute Gasteiger partial charge is 0.377 e. The number of rotatable bonds is 4. The number of aromatic nitrogens is 1. The number of likely N-dealkylation sites (tertiary alicyclic amines) is 1. The fourth-order valence-corrected chi connectivity index (χ4v) is 4.46. The van der Waals surface area contributed by atoms with Crippen molar-refractivity contribution in [2.75, 3.05) is 52.5 Å². The summed E-state index contributed by atoms with van der Waals surface area (Å²) in [7, 11) is 0. The zero-order valence-electron chi connectivity index (χ0n) is 14.5. The van der Waals surface area contributed by atoms with E-state index in [2.05, 4.69) is 26.9 Å². The summed E-state index contributed by atoms with van der Waals surface area (Å²) in [4.78, 5) is 9.21. The SMILES string of the molecule is c1cc(CN2CCOC[C@@]3(C[C@@H](CN4CCCC4)CO3)C2)ccn1. The Morgan fingerprint density at radius 1 is 1.12 bits per heavy atom. The van der Waals surface area contributed by atoms with Gasteiger partial charge >= 0.3 is 0 Å². The first-order valence-electron chi connectivity index (χ1n) is 9.37. The number of hydrogen-bond acceptors (Lipinski definition) is 5. The summed E-state index contributed by atoms with van der Waals surface area (Å²) in [6, 6.07) is 4.20. The molecule has 0 bridgehead atoms. The van der Waals surface area contributed by atoms with Gasteiger partial charge in [0.1, 0.15) is 5.60 Å². The van der Waals surface area contributed by atoms with Gasteiger partial charge in [0.2, 0.25) is 0 Å². The molecule has 0 radical (unpaired) electrons. The predicted molar refractivity (Wildman–Crippen MR) is 92.8 cm³/mol. The van der Waals surface area contributed by atoms with Gasteiger partial charge in [0.15, 0.2) is 0 Å². The minimum absolute atomic E-state index is 0.103. The average molecular weight is 331 g/mol. The molecule has 0 aliphatic carbocycles. The lowest BCUT2D eigenvalue weighted by atomic mass is 9.93.